The summed E-state index contributed by atoms with van der Waals surface area (Å²) in [7, 11) is 0. The molecule has 0 saturated carbocycles. The number of carboxylic acids is 1. The van der Waals surface area contributed by atoms with Crippen molar-refractivity contribution in [3.63, 3.8) is 0 Å². The molecule has 3 N–H and O–H groups in total. The van der Waals surface area contributed by atoms with Gasteiger partial charge in [-0.05, 0) is 29.8 Å². The predicted octanol–water partition coefficient (Wildman–Crippen LogP) is 3.32. The number of halogens is 1. The van der Waals surface area contributed by atoms with Gasteiger partial charge in [0.25, 0.3) is 0 Å². The van der Waals surface area contributed by atoms with E-state index in [1.807, 2.05) is 6.07 Å². The molecule has 0 amide bonds. The van der Waals surface area contributed by atoms with Gasteiger partial charge in [0.15, 0.2) is 17.6 Å². The lowest BCUT2D eigenvalue weighted by atomic mass is 10.0. The molecule has 2 aromatic carbocycles. The van der Waals surface area contributed by atoms with E-state index in [0.717, 1.165) is 5.56 Å². The number of rotatable bonds is 3. The molecule has 7 heteroatoms. The molecule has 1 aliphatic rings. The SMILES string of the molecule is O=C(O)c1c[nH]c2cc(Cl)c(-c3ccc4c(c3)OC[C@H](CO)O4)cc12. The Morgan fingerprint density at radius 2 is 2.12 bits per heavy atom. The van der Waals surface area contributed by atoms with Crippen molar-refractivity contribution in [1.82, 2.24) is 4.98 Å². The highest BCUT2D eigenvalue weighted by Crippen LogP contribution is 2.39. The molecule has 1 atom stereocenters. The number of hydrogen-bond donors (Lipinski definition) is 3. The molecule has 128 valence electrons. The summed E-state index contributed by atoms with van der Waals surface area (Å²) >= 11 is 6.38. The van der Waals surface area contributed by atoms with E-state index in [1.54, 1.807) is 24.3 Å². The van der Waals surface area contributed by atoms with Crippen LogP contribution in [0.2, 0.25) is 5.02 Å². The highest BCUT2D eigenvalue weighted by Gasteiger charge is 2.21. The van der Waals surface area contributed by atoms with Gasteiger partial charge in [0.1, 0.15) is 6.61 Å². The standard InChI is InChI=1S/C18H14ClNO5/c19-14-5-15-12(13(6-20-15)18(22)23)4-11(14)9-1-2-16-17(3-9)24-8-10(7-21)25-16/h1-6,10,20-21H,7-8H2,(H,22,23)/t10-/m0/s1. The topological polar surface area (TPSA) is 91.8 Å². The smallest absolute Gasteiger partial charge is 0.337 e. The summed E-state index contributed by atoms with van der Waals surface area (Å²) in [4.78, 5) is 14.3. The van der Waals surface area contributed by atoms with Crippen molar-refractivity contribution < 1.29 is 24.5 Å². The van der Waals surface area contributed by atoms with Gasteiger partial charge in [0, 0.05) is 22.7 Å². The zero-order chi connectivity index (χ0) is 17.6. The van der Waals surface area contributed by atoms with Crippen LogP contribution in [0.25, 0.3) is 22.0 Å². The molecule has 0 aliphatic carbocycles. The fourth-order valence-corrected chi connectivity index (χ4v) is 3.19. The first-order valence-corrected chi connectivity index (χ1v) is 8.03. The number of H-pyrrole nitrogens is 1. The Balaban J connectivity index is 1.80. The number of nitrogens with one attached hydrogen (secondary N) is 1. The minimum absolute atomic E-state index is 0.116. The average Bonchev–Trinajstić information content (AvgIpc) is 3.03. The van der Waals surface area contributed by atoms with E-state index < -0.39 is 5.97 Å². The second-order valence-corrected chi connectivity index (χ2v) is 6.19. The number of aromatic amines is 1. The van der Waals surface area contributed by atoms with Crippen LogP contribution in [0.3, 0.4) is 0 Å². The summed E-state index contributed by atoms with van der Waals surface area (Å²) in [5.74, 6) is 0.113. The van der Waals surface area contributed by atoms with Crippen molar-refractivity contribution in [2.24, 2.45) is 0 Å². The number of hydrogen-bond acceptors (Lipinski definition) is 4. The number of aromatic nitrogens is 1. The molecule has 2 heterocycles. The minimum atomic E-state index is -1.00. The highest BCUT2D eigenvalue weighted by molar-refractivity contribution is 6.34. The van der Waals surface area contributed by atoms with Crippen molar-refractivity contribution in [2.45, 2.75) is 6.10 Å². The third-order valence-electron chi connectivity index (χ3n) is 4.18. The minimum Gasteiger partial charge on any atom is -0.486 e. The van der Waals surface area contributed by atoms with Crippen LogP contribution < -0.4 is 9.47 Å². The van der Waals surface area contributed by atoms with Gasteiger partial charge in [-0.2, -0.15) is 0 Å². The van der Waals surface area contributed by atoms with E-state index in [2.05, 4.69) is 4.98 Å². The van der Waals surface area contributed by atoms with E-state index in [-0.39, 0.29) is 24.9 Å². The molecular formula is C18H14ClNO5. The van der Waals surface area contributed by atoms with Crippen LogP contribution in [-0.4, -0.2) is 40.5 Å². The zero-order valence-corrected chi connectivity index (χ0v) is 13.7. The van der Waals surface area contributed by atoms with Crippen LogP contribution in [0, 0.1) is 0 Å². The predicted molar refractivity (Wildman–Crippen MR) is 92.7 cm³/mol. The van der Waals surface area contributed by atoms with E-state index in [9.17, 15) is 9.90 Å². The van der Waals surface area contributed by atoms with Crippen LogP contribution in [0.1, 0.15) is 10.4 Å². The summed E-state index contributed by atoms with van der Waals surface area (Å²) in [6.45, 7) is 0.149. The monoisotopic (exact) mass is 359 g/mol. The Morgan fingerprint density at radius 1 is 1.28 bits per heavy atom. The first-order chi connectivity index (χ1) is 12.1. The van der Waals surface area contributed by atoms with Crippen LogP contribution in [0.15, 0.2) is 36.5 Å². The van der Waals surface area contributed by atoms with Crippen molar-refractivity contribution in [1.29, 1.82) is 0 Å². The largest absolute Gasteiger partial charge is 0.486 e. The summed E-state index contributed by atoms with van der Waals surface area (Å²) in [5.41, 5.74) is 2.34. The molecule has 0 unspecified atom stereocenters. The third-order valence-corrected chi connectivity index (χ3v) is 4.49. The summed E-state index contributed by atoms with van der Waals surface area (Å²) in [5, 5.41) is 19.5. The first-order valence-electron chi connectivity index (χ1n) is 7.65. The maximum atomic E-state index is 11.3. The van der Waals surface area contributed by atoms with E-state index in [4.69, 9.17) is 26.2 Å². The van der Waals surface area contributed by atoms with E-state index in [0.29, 0.717) is 33.0 Å². The lowest BCUT2D eigenvalue weighted by Crippen LogP contribution is -2.32. The van der Waals surface area contributed by atoms with Gasteiger partial charge in [-0.15, -0.1) is 0 Å². The van der Waals surface area contributed by atoms with Gasteiger partial charge in [-0.1, -0.05) is 17.7 Å². The Kier molecular flexibility index (Phi) is 3.78. The molecule has 0 spiro atoms. The molecule has 0 saturated heterocycles. The maximum Gasteiger partial charge on any atom is 0.337 e. The maximum absolute atomic E-state index is 11.3. The van der Waals surface area contributed by atoms with Gasteiger partial charge in [-0.3, -0.25) is 0 Å². The number of fused-ring (bicyclic) bond motifs is 2. The Hall–Kier alpha value is -2.70. The van der Waals surface area contributed by atoms with Crippen molar-refractivity contribution in [3.8, 4) is 22.6 Å². The number of ether oxygens (including phenoxy) is 2. The molecular weight excluding hydrogens is 346 g/mol. The number of benzene rings is 2. The third kappa shape index (κ3) is 2.69. The van der Waals surface area contributed by atoms with Crippen LogP contribution in [0.4, 0.5) is 0 Å². The average molecular weight is 360 g/mol. The number of carbonyl (C=O) groups is 1. The molecule has 0 radical (unpaired) electrons. The van der Waals surface area contributed by atoms with Crippen molar-refractivity contribution in [3.05, 3.63) is 47.1 Å². The second-order valence-electron chi connectivity index (χ2n) is 5.78. The molecule has 25 heavy (non-hydrogen) atoms. The van der Waals surface area contributed by atoms with Crippen molar-refractivity contribution >= 4 is 28.5 Å². The number of carboxylic acid groups (broad SMARTS) is 1. The molecule has 0 fully saturated rings. The van der Waals surface area contributed by atoms with Gasteiger partial charge in [-0.25, -0.2) is 4.79 Å². The van der Waals surface area contributed by atoms with Gasteiger partial charge >= 0.3 is 5.97 Å². The van der Waals surface area contributed by atoms with Gasteiger partial charge < -0.3 is 24.7 Å². The number of aromatic carboxylic acids is 1. The quantitative estimate of drug-likeness (QED) is 0.667. The Labute approximate surface area is 147 Å². The molecule has 0 bridgehead atoms. The summed E-state index contributed by atoms with van der Waals surface area (Å²) in [6.07, 6.45) is 1.07. The Morgan fingerprint density at radius 3 is 2.88 bits per heavy atom. The normalized spacial score (nSPS) is 16.2. The lowest BCUT2D eigenvalue weighted by Gasteiger charge is -2.25. The first kappa shape index (κ1) is 15.8. The van der Waals surface area contributed by atoms with Crippen LogP contribution >= 0.6 is 11.6 Å². The van der Waals surface area contributed by atoms with E-state index >= 15 is 0 Å². The van der Waals surface area contributed by atoms with Crippen LogP contribution in [-0.2, 0) is 0 Å². The van der Waals surface area contributed by atoms with Crippen molar-refractivity contribution in [2.75, 3.05) is 13.2 Å². The van der Waals surface area contributed by atoms with Gasteiger partial charge in [0.05, 0.1) is 17.2 Å². The van der Waals surface area contributed by atoms with Crippen LogP contribution in [0.5, 0.6) is 11.5 Å². The fraction of sp³-hybridized carbons (Fsp3) is 0.167. The molecule has 1 aromatic heterocycles. The molecule has 3 aromatic rings. The zero-order valence-electron chi connectivity index (χ0n) is 13.0. The fourth-order valence-electron chi connectivity index (χ4n) is 2.91. The second kappa shape index (κ2) is 5.98. The summed E-state index contributed by atoms with van der Waals surface area (Å²) in [6, 6.07) is 8.82. The van der Waals surface area contributed by atoms with E-state index in [1.165, 1.54) is 6.20 Å². The molecule has 4 rings (SSSR count). The number of aliphatic hydroxyl groups excluding tert-OH is 1. The summed E-state index contributed by atoms with van der Waals surface area (Å²) < 4.78 is 11.3. The number of aliphatic hydroxyl groups is 1. The lowest BCUT2D eigenvalue weighted by molar-refractivity contribution is 0.0457. The highest BCUT2D eigenvalue weighted by atomic mass is 35.5. The van der Waals surface area contributed by atoms with Gasteiger partial charge in [0.2, 0.25) is 0 Å². The molecule has 6 nitrogen and oxygen atoms in total. The molecule has 1 aliphatic heterocycles. The Bertz CT molecular complexity index is 981.